The van der Waals surface area contributed by atoms with Gasteiger partial charge in [-0.3, -0.25) is 9.69 Å². The van der Waals surface area contributed by atoms with Gasteiger partial charge in [-0.2, -0.15) is 0 Å². The third kappa shape index (κ3) is 7.30. The standard InChI is InChI=1S/C36H38N2O3/c1-28(33-23-14-24-38(33)36(40)41-27-30-17-8-3-9-18-30)37(25-29-15-6-2-7-16-29)26-34(39)35(31-19-10-4-11-20-31)32-21-12-5-13-22-32/h2-13,15-22,28,33,35H,14,23-27H2,1H3/t28?,33-/m0/s1. The first-order chi connectivity index (χ1) is 20.1. The zero-order valence-electron chi connectivity index (χ0n) is 23.6. The largest absolute Gasteiger partial charge is 0.445 e. The third-order valence-electron chi connectivity index (χ3n) is 8.05. The summed E-state index contributed by atoms with van der Waals surface area (Å²) >= 11 is 0. The lowest BCUT2D eigenvalue weighted by Gasteiger charge is -2.37. The molecule has 0 aromatic heterocycles. The molecule has 4 aromatic carbocycles. The van der Waals surface area contributed by atoms with Crippen LogP contribution in [0.2, 0.25) is 0 Å². The molecule has 5 rings (SSSR count). The number of carbonyl (C=O) groups excluding carboxylic acids is 2. The third-order valence-corrected chi connectivity index (χ3v) is 8.05. The molecule has 5 nitrogen and oxygen atoms in total. The van der Waals surface area contributed by atoms with E-state index in [0.29, 0.717) is 13.1 Å². The Bertz CT molecular complexity index is 1340. The first-order valence-electron chi connectivity index (χ1n) is 14.5. The van der Waals surface area contributed by atoms with Crippen LogP contribution in [0, 0.1) is 0 Å². The van der Waals surface area contributed by atoms with E-state index in [1.807, 2.05) is 114 Å². The van der Waals surface area contributed by atoms with E-state index in [0.717, 1.165) is 35.1 Å². The monoisotopic (exact) mass is 546 g/mol. The molecule has 0 aliphatic carbocycles. The number of benzene rings is 4. The van der Waals surface area contributed by atoms with Gasteiger partial charge in [-0.25, -0.2) is 4.79 Å². The molecule has 1 heterocycles. The van der Waals surface area contributed by atoms with Gasteiger partial charge >= 0.3 is 6.09 Å². The molecule has 1 aliphatic rings. The van der Waals surface area contributed by atoms with E-state index in [4.69, 9.17) is 4.74 Å². The predicted octanol–water partition coefficient (Wildman–Crippen LogP) is 7.08. The summed E-state index contributed by atoms with van der Waals surface area (Å²) in [5.74, 6) is -0.222. The molecule has 1 saturated heterocycles. The maximum atomic E-state index is 14.2. The molecule has 2 atom stereocenters. The van der Waals surface area contributed by atoms with Crippen LogP contribution >= 0.6 is 0 Å². The second kappa shape index (κ2) is 13.9. The quantitative estimate of drug-likeness (QED) is 0.202. The van der Waals surface area contributed by atoms with E-state index in [1.165, 1.54) is 0 Å². The van der Waals surface area contributed by atoms with Gasteiger partial charge in [-0.05, 0) is 42.0 Å². The number of ketones is 1. The molecule has 1 aliphatic heterocycles. The molecule has 0 saturated carbocycles. The summed E-state index contributed by atoms with van der Waals surface area (Å²) in [4.78, 5) is 31.5. The summed E-state index contributed by atoms with van der Waals surface area (Å²) in [5.41, 5.74) is 4.08. The number of hydrogen-bond acceptors (Lipinski definition) is 4. The van der Waals surface area contributed by atoms with Crippen molar-refractivity contribution in [2.45, 2.75) is 50.9 Å². The highest BCUT2D eigenvalue weighted by Crippen LogP contribution is 2.29. The van der Waals surface area contributed by atoms with Crippen LogP contribution in [-0.2, 0) is 22.7 Å². The Morgan fingerprint density at radius 2 is 1.29 bits per heavy atom. The Hall–Kier alpha value is -4.22. The Morgan fingerprint density at radius 3 is 1.85 bits per heavy atom. The second-order valence-corrected chi connectivity index (χ2v) is 10.8. The lowest BCUT2D eigenvalue weighted by molar-refractivity contribution is -0.121. The molecule has 0 N–H and O–H groups in total. The van der Waals surface area contributed by atoms with Crippen LogP contribution < -0.4 is 0 Å². The number of amides is 1. The van der Waals surface area contributed by atoms with E-state index in [1.54, 1.807) is 0 Å². The SMILES string of the molecule is CC([C@@H]1CCCN1C(=O)OCc1ccccc1)N(CC(=O)C(c1ccccc1)c1ccccc1)Cc1ccccc1. The highest BCUT2D eigenvalue weighted by molar-refractivity contribution is 5.90. The minimum atomic E-state index is -0.363. The molecular formula is C36H38N2O3. The number of hydrogen-bond donors (Lipinski definition) is 0. The molecule has 1 amide bonds. The first kappa shape index (κ1) is 28.3. The first-order valence-corrected chi connectivity index (χ1v) is 14.5. The average molecular weight is 547 g/mol. The van der Waals surface area contributed by atoms with Crippen LogP contribution in [0.4, 0.5) is 4.79 Å². The number of likely N-dealkylation sites (tertiary alicyclic amines) is 1. The average Bonchev–Trinajstić information content (AvgIpc) is 3.52. The van der Waals surface area contributed by atoms with Crippen molar-refractivity contribution >= 4 is 11.9 Å². The number of Topliss-reactive ketones (excluding diaryl/α,β-unsaturated/α-hetero) is 1. The molecule has 210 valence electrons. The fourth-order valence-corrected chi connectivity index (χ4v) is 5.87. The van der Waals surface area contributed by atoms with Crippen molar-refractivity contribution in [3.8, 4) is 0 Å². The van der Waals surface area contributed by atoms with Gasteiger partial charge in [0.05, 0.1) is 18.5 Å². The molecule has 0 radical (unpaired) electrons. The molecule has 41 heavy (non-hydrogen) atoms. The lowest BCUT2D eigenvalue weighted by Crippen LogP contribution is -2.51. The minimum absolute atomic E-state index is 0.0401. The van der Waals surface area contributed by atoms with Crippen molar-refractivity contribution in [1.29, 1.82) is 0 Å². The van der Waals surface area contributed by atoms with Crippen molar-refractivity contribution in [2.75, 3.05) is 13.1 Å². The zero-order chi connectivity index (χ0) is 28.4. The normalized spacial score (nSPS) is 15.7. The van der Waals surface area contributed by atoms with Crippen LogP contribution in [0.3, 0.4) is 0 Å². The Balaban J connectivity index is 1.37. The van der Waals surface area contributed by atoms with E-state index in [2.05, 4.69) is 24.0 Å². The zero-order valence-corrected chi connectivity index (χ0v) is 23.6. The number of rotatable bonds is 11. The summed E-state index contributed by atoms with van der Waals surface area (Å²) in [5, 5.41) is 0. The summed E-state index contributed by atoms with van der Waals surface area (Å²) in [6.45, 7) is 3.94. The van der Waals surface area contributed by atoms with Crippen molar-refractivity contribution in [3.63, 3.8) is 0 Å². The molecule has 1 fully saturated rings. The van der Waals surface area contributed by atoms with Crippen LogP contribution in [0.1, 0.15) is 47.9 Å². The predicted molar refractivity (Wildman–Crippen MR) is 162 cm³/mol. The van der Waals surface area contributed by atoms with Crippen LogP contribution in [0.15, 0.2) is 121 Å². The van der Waals surface area contributed by atoms with Gasteiger partial charge in [-0.15, -0.1) is 0 Å². The second-order valence-electron chi connectivity index (χ2n) is 10.8. The molecule has 4 aromatic rings. The summed E-state index contributed by atoms with van der Waals surface area (Å²) in [7, 11) is 0. The smallest absolute Gasteiger partial charge is 0.410 e. The summed E-state index contributed by atoms with van der Waals surface area (Å²) in [6.07, 6.45) is 1.50. The van der Waals surface area contributed by atoms with E-state index >= 15 is 0 Å². The van der Waals surface area contributed by atoms with Gasteiger partial charge in [0.25, 0.3) is 0 Å². The van der Waals surface area contributed by atoms with Crippen LogP contribution in [0.25, 0.3) is 0 Å². The molecule has 0 spiro atoms. The van der Waals surface area contributed by atoms with Gasteiger partial charge in [0.2, 0.25) is 0 Å². The molecule has 0 bridgehead atoms. The van der Waals surface area contributed by atoms with Gasteiger partial charge in [0.15, 0.2) is 5.78 Å². The number of ether oxygens (including phenoxy) is 1. The van der Waals surface area contributed by atoms with Crippen molar-refractivity contribution in [1.82, 2.24) is 9.80 Å². The maximum Gasteiger partial charge on any atom is 0.410 e. The fourth-order valence-electron chi connectivity index (χ4n) is 5.87. The van der Waals surface area contributed by atoms with Crippen molar-refractivity contribution in [2.24, 2.45) is 0 Å². The lowest BCUT2D eigenvalue weighted by atomic mass is 9.87. The van der Waals surface area contributed by atoms with Gasteiger partial charge < -0.3 is 9.64 Å². The Labute approximate surface area is 243 Å². The maximum absolute atomic E-state index is 14.2. The topological polar surface area (TPSA) is 49.9 Å². The number of carbonyl (C=O) groups is 2. The summed E-state index contributed by atoms with van der Waals surface area (Å²) < 4.78 is 5.73. The van der Waals surface area contributed by atoms with Crippen molar-refractivity contribution < 1.29 is 14.3 Å². The van der Waals surface area contributed by atoms with E-state index in [-0.39, 0.29) is 43.0 Å². The minimum Gasteiger partial charge on any atom is -0.445 e. The molecule has 5 heteroatoms. The fraction of sp³-hybridized carbons (Fsp3) is 0.278. The Morgan fingerprint density at radius 1 is 0.780 bits per heavy atom. The molecular weight excluding hydrogens is 508 g/mol. The van der Waals surface area contributed by atoms with Gasteiger partial charge in [0, 0.05) is 19.1 Å². The highest BCUT2D eigenvalue weighted by atomic mass is 16.6. The molecule has 1 unspecified atom stereocenters. The van der Waals surface area contributed by atoms with Crippen LogP contribution in [0.5, 0.6) is 0 Å². The highest BCUT2D eigenvalue weighted by Gasteiger charge is 2.37. The summed E-state index contributed by atoms with van der Waals surface area (Å²) in [6, 6.07) is 39.9. The van der Waals surface area contributed by atoms with E-state index in [9.17, 15) is 9.59 Å². The van der Waals surface area contributed by atoms with Crippen LogP contribution in [-0.4, -0.2) is 46.8 Å². The van der Waals surface area contributed by atoms with Gasteiger partial charge in [-0.1, -0.05) is 121 Å². The Kier molecular flexibility index (Phi) is 9.61. The number of nitrogens with zero attached hydrogens (tertiary/aromatic N) is 2. The van der Waals surface area contributed by atoms with Gasteiger partial charge in [0.1, 0.15) is 6.61 Å². The van der Waals surface area contributed by atoms with E-state index < -0.39 is 0 Å². The van der Waals surface area contributed by atoms with Crippen molar-refractivity contribution in [3.05, 3.63) is 144 Å².